The van der Waals surface area contributed by atoms with Gasteiger partial charge in [0.05, 0.1) is 9.83 Å². The predicted octanol–water partition coefficient (Wildman–Crippen LogP) is 4.41. The first kappa shape index (κ1) is 21.8. The van der Waals surface area contributed by atoms with E-state index in [9.17, 15) is 14.9 Å². The molecule has 2 aromatic carbocycles. The molecule has 0 atom stereocenters. The van der Waals surface area contributed by atoms with Crippen molar-refractivity contribution in [3.05, 3.63) is 68.1 Å². The molecule has 7 nitrogen and oxygen atoms in total. The number of nitro benzene ring substituents is 1. The van der Waals surface area contributed by atoms with Gasteiger partial charge in [0.15, 0.2) is 0 Å². The highest BCUT2D eigenvalue weighted by molar-refractivity contribution is 8.26. The fourth-order valence-electron chi connectivity index (χ4n) is 2.88. The molecule has 0 aliphatic carbocycles. The first-order chi connectivity index (χ1) is 14.4. The van der Waals surface area contributed by atoms with E-state index in [-0.39, 0.29) is 18.2 Å². The second kappa shape index (κ2) is 9.73. The number of carbonyl (C=O) groups excluding carboxylic acids is 1. The van der Waals surface area contributed by atoms with Crippen LogP contribution in [0, 0.1) is 17.0 Å². The molecule has 3 rings (SSSR count). The summed E-state index contributed by atoms with van der Waals surface area (Å²) in [4.78, 5) is 22.9. The summed E-state index contributed by atoms with van der Waals surface area (Å²) in [5.41, 5.74) is 2.65. The van der Waals surface area contributed by atoms with Gasteiger partial charge in [-0.25, -0.2) is 0 Å². The molecule has 9 heteroatoms. The lowest BCUT2D eigenvalue weighted by atomic mass is 10.1. The molecule has 0 unspecified atom stereocenters. The number of nitrogens with zero attached hydrogens (tertiary/aromatic N) is 1. The lowest BCUT2D eigenvalue weighted by Gasteiger charge is -2.12. The molecule has 0 spiro atoms. The standard InChI is InChI=1S/C21H20N2O5S2/c1-3-14-8-13(2)9-17(10-14)27-6-7-28-18-5-4-16(23(25)26)11-15(18)12-19-20(24)22-21(29)30-19/h4-5,8-12H,3,6-7H2,1-2H3,(H,22,24,29). The van der Waals surface area contributed by atoms with Gasteiger partial charge in [-0.2, -0.15) is 0 Å². The zero-order chi connectivity index (χ0) is 21.7. The number of carbonyl (C=O) groups is 1. The highest BCUT2D eigenvalue weighted by Gasteiger charge is 2.23. The topological polar surface area (TPSA) is 90.7 Å². The highest BCUT2D eigenvalue weighted by Crippen LogP contribution is 2.31. The van der Waals surface area contributed by atoms with E-state index in [0.29, 0.717) is 27.1 Å². The van der Waals surface area contributed by atoms with Crippen LogP contribution in [0.3, 0.4) is 0 Å². The van der Waals surface area contributed by atoms with Crippen molar-refractivity contribution in [2.75, 3.05) is 13.2 Å². The lowest BCUT2D eigenvalue weighted by molar-refractivity contribution is -0.384. The molecule has 1 amide bonds. The molecule has 2 aromatic rings. The van der Waals surface area contributed by atoms with Crippen LogP contribution in [-0.2, 0) is 11.2 Å². The number of rotatable bonds is 8. The molecule has 1 aliphatic rings. The van der Waals surface area contributed by atoms with E-state index >= 15 is 0 Å². The predicted molar refractivity (Wildman–Crippen MR) is 121 cm³/mol. The summed E-state index contributed by atoms with van der Waals surface area (Å²) in [6.07, 6.45) is 2.46. The third-order valence-corrected chi connectivity index (χ3v) is 5.42. The number of thiocarbonyl (C=S) groups is 1. The average Bonchev–Trinajstić information content (AvgIpc) is 3.02. The Kier molecular flexibility index (Phi) is 7.07. The number of hydrogen-bond acceptors (Lipinski definition) is 7. The van der Waals surface area contributed by atoms with Gasteiger partial charge < -0.3 is 14.8 Å². The van der Waals surface area contributed by atoms with E-state index in [1.807, 2.05) is 19.1 Å². The van der Waals surface area contributed by atoms with Crippen molar-refractivity contribution in [1.82, 2.24) is 5.32 Å². The maximum atomic E-state index is 11.9. The first-order valence-corrected chi connectivity index (χ1v) is 10.5. The van der Waals surface area contributed by atoms with Gasteiger partial charge in [-0.05, 0) is 48.7 Å². The summed E-state index contributed by atoms with van der Waals surface area (Å²) in [5.74, 6) is 0.854. The van der Waals surface area contributed by atoms with E-state index < -0.39 is 4.92 Å². The summed E-state index contributed by atoms with van der Waals surface area (Å²) < 4.78 is 11.9. The van der Waals surface area contributed by atoms with Gasteiger partial charge in [0, 0.05) is 17.7 Å². The number of aryl methyl sites for hydroxylation is 2. The number of ether oxygens (including phenoxy) is 2. The van der Waals surface area contributed by atoms with Gasteiger partial charge in [-0.15, -0.1) is 0 Å². The number of nitro groups is 1. The molecule has 0 saturated carbocycles. The molecule has 1 fully saturated rings. The molecule has 0 bridgehead atoms. The highest BCUT2D eigenvalue weighted by atomic mass is 32.2. The normalized spacial score (nSPS) is 14.7. The maximum Gasteiger partial charge on any atom is 0.270 e. The Balaban J connectivity index is 1.71. The number of hydrogen-bond donors (Lipinski definition) is 1. The minimum absolute atomic E-state index is 0.0942. The monoisotopic (exact) mass is 444 g/mol. The number of non-ortho nitro benzene ring substituents is 1. The van der Waals surface area contributed by atoms with Crippen molar-refractivity contribution in [3.8, 4) is 11.5 Å². The SMILES string of the molecule is CCc1cc(C)cc(OCCOc2ccc([N+](=O)[O-])cc2C=C2SC(=S)NC2=O)c1. The van der Waals surface area contributed by atoms with Crippen molar-refractivity contribution in [2.24, 2.45) is 0 Å². The Hall–Kier alpha value is -2.91. The molecule has 1 saturated heterocycles. The Labute approximate surface area is 183 Å². The van der Waals surface area contributed by atoms with Crippen LogP contribution in [0.25, 0.3) is 6.08 Å². The van der Waals surface area contributed by atoms with Crippen molar-refractivity contribution in [1.29, 1.82) is 0 Å². The summed E-state index contributed by atoms with van der Waals surface area (Å²) >= 11 is 6.09. The molecule has 1 aliphatic heterocycles. The minimum Gasteiger partial charge on any atom is -0.490 e. The van der Waals surface area contributed by atoms with Crippen LogP contribution < -0.4 is 14.8 Å². The van der Waals surface area contributed by atoms with Crippen LogP contribution in [0.4, 0.5) is 5.69 Å². The molecule has 156 valence electrons. The molecule has 30 heavy (non-hydrogen) atoms. The lowest BCUT2D eigenvalue weighted by Crippen LogP contribution is -2.17. The van der Waals surface area contributed by atoms with Gasteiger partial charge >= 0.3 is 0 Å². The summed E-state index contributed by atoms with van der Waals surface area (Å²) in [7, 11) is 0. The third-order valence-electron chi connectivity index (χ3n) is 4.26. The fourth-order valence-corrected chi connectivity index (χ4v) is 3.91. The van der Waals surface area contributed by atoms with E-state index in [1.54, 1.807) is 0 Å². The summed E-state index contributed by atoms with van der Waals surface area (Å²) in [6.45, 7) is 4.64. The smallest absolute Gasteiger partial charge is 0.270 e. The summed E-state index contributed by atoms with van der Waals surface area (Å²) in [5, 5.41) is 13.7. The van der Waals surface area contributed by atoms with Crippen molar-refractivity contribution < 1.29 is 19.2 Å². The van der Waals surface area contributed by atoms with Crippen LogP contribution in [0.5, 0.6) is 11.5 Å². The zero-order valence-electron chi connectivity index (χ0n) is 16.5. The molecule has 0 radical (unpaired) electrons. The molecule has 1 N–H and O–H groups in total. The first-order valence-electron chi connectivity index (χ1n) is 9.25. The van der Waals surface area contributed by atoms with Crippen LogP contribution in [0.15, 0.2) is 41.3 Å². The number of nitrogens with one attached hydrogen (secondary N) is 1. The molecular formula is C21H20N2O5S2. The van der Waals surface area contributed by atoms with Gasteiger partial charge in [0.1, 0.15) is 29.0 Å². The van der Waals surface area contributed by atoms with Crippen LogP contribution in [-0.4, -0.2) is 28.4 Å². The van der Waals surface area contributed by atoms with E-state index in [2.05, 4.69) is 18.3 Å². The Morgan fingerprint density at radius 3 is 2.63 bits per heavy atom. The van der Waals surface area contributed by atoms with E-state index in [0.717, 1.165) is 29.5 Å². The van der Waals surface area contributed by atoms with Crippen molar-refractivity contribution in [3.63, 3.8) is 0 Å². The Morgan fingerprint density at radius 2 is 1.97 bits per heavy atom. The summed E-state index contributed by atoms with van der Waals surface area (Å²) in [6, 6.07) is 10.3. The number of thioether (sulfide) groups is 1. The second-order valence-corrected chi connectivity index (χ2v) is 8.26. The van der Waals surface area contributed by atoms with Crippen molar-refractivity contribution in [2.45, 2.75) is 20.3 Å². The maximum absolute atomic E-state index is 11.9. The average molecular weight is 445 g/mol. The molecule has 1 heterocycles. The quantitative estimate of drug-likeness (QED) is 0.212. The third kappa shape index (κ3) is 5.58. The van der Waals surface area contributed by atoms with Crippen LogP contribution in [0.2, 0.25) is 0 Å². The Morgan fingerprint density at radius 1 is 1.20 bits per heavy atom. The fraction of sp³-hybridized carbons (Fsp3) is 0.238. The minimum atomic E-state index is -0.496. The zero-order valence-corrected chi connectivity index (χ0v) is 18.1. The van der Waals surface area contributed by atoms with Gasteiger partial charge in [0.25, 0.3) is 11.6 Å². The second-order valence-electron chi connectivity index (χ2n) is 6.54. The number of amides is 1. The van der Waals surface area contributed by atoms with E-state index in [1.165, 1.54) is 29.8 Å². The molecule has 0 aromatic heterocycles. The van der Waals surface area contributed by atoms with Gasteiger partial charge in [-0.3, -0.25) is 14.9 Å². The Bertz CT molecular complexity index is 1040. The van der Waals surface area contributed by atoms with Crippen molar-refractivity contribution >= 4 is 46.0 Å². The molecular weight excluding hydrogens is 424 g/mol. The van der Waals surface area contributed by atoms with Crippen LogP contribution in [0.1, 0.15) is 23.6 Å². The largest absolute Gasteiger partial charge is 0.490 e. The van der Waals surface area contributed by atoms with Gasteiger partial charge in [0.2, 0.25) is 0 Å². The van der Waals surface area contributed by atoms with Gasteiger partial charge in [-0.1, -0.05) is 37.0 Å². The van der Waals surface area contributed by atoms with E-state index in [4.69, 9.17) is 21.7 Å². The van der Waals surface area contributed by atoms with Crippen LogP contribution >= 0.6 is 24.0 Å². The number of benzene rings is 2.